The van der Waals surface area contributed by atoms with Gasteiger partial charge in [0, 0.05) is 67.7 Å². The molecule has 2 aliphatic heterocycles. The fourth-order valence-electron chi connectivity index (χ4n) is 7.33. The monoisotopic (exact) mass is 596 g/mol. The fraction of sp³-hybridized carbons (Fsp3) is 0.371. The lowest BCUT2D eigenvalue weighted by Crippen LogP contribution is -2.25. The highest BCUT2D eigenvalue weighted by Crippen LogP contribution is 2.48. The van der Waals surface area contributed by atoms with Gasteiger partial charge in [0.15, 0.2) is 12.1 Å². The molecule has 0 spiro atoms. The molecule has 6 N–H and O–H groups in total. The summed E-state index contributed by atoms with van der Waals surface area (Å²) >= 11 is 0. The van der Waals surface area contributed by atoms with E-state index in [2.05, 4.69) is 66.7 Å². The van der Waals surface area contributed by atoms with E-state index in [1.807, 2.05) is 19.1 Å². The van der Waals surface area contributed by atoms with Crippen LogP contribution in [-0.2, 0) is 16.0 Å². The Morgan fingerprint density at radius 2 is 1.73 bits per heavy atom. The first-order chi connectivity index (χ1) is 21.0. The molecule has 3 aliphatic rings. The molecule has 0 aromatic carbocycles. The SMILES string of the molecule is C=Cc1c2[nH]c(c1C)/C=C1\N/C(=C3\c4[nH]c(c(C)c4C(=O)[C@@H]3C(=O)OC)/C=c3\[nH]/c(c(C)c3CC)=C\2)[C@@H](CCC(O)O)[C@@H]1C. The molecule has 0 saturated carbocycles. The molecule has 1 fully saturated rings. The zero-order valence-corrected chi connectivity index (χ0v) is 26.1. The summed E-state index contributed by atoms with van der Waals surface area (Å²) in [5, 5.41) is 25.1. The molecular formula is C35H40N4O5. The van der Waals surface area contributed by atoms with Crippen molar-refractivity contribution in [2.24, 2.45) is 17.8 Å². The number of aromatic amines is 3. The van der Waals surface area contributed by atoms with Gasteiger partial charge in [-0.05, 0) is 80.5 Å². The molecule has 3 aromatic heterocycles. The van der Waals surface area contributed by atoms with Crippen LogP contribution in [0.25, 0.3) is 29.9 Å². The van der Waals surface area contributed by atoms with E-state index in [0.29, 0.717) is 23.3 Å². The van der Waals surface area contributed by atoms with Gasteiger partial charge in [0.2, 0.25) is 0 Å². The number of carbonyl (C=O) groups is 2. The maximum Gasteiger partial charge on any atom is 0.321 e. The summed E-state index contributed by atoms with van der Waals surface area (Å²) in [5.74, 6) is -2.34. The summed E-state index contributed by atoms with van der Waals surface area (Å²) < 4.78 is 5.17. The molecule has 0 unspecified atom stereocenters. The van der Waals surface area contributed by atoms with E-state index < -0.39 is 18.2 Å². The third-order valence-corrected chi connectivity index (χ3v) is 9.82. The van der Waals surface area contributed by atoms with Crippen molar-refractivity contribution in [3.8, 4) is 0 Å². The maximum absolute atomic E-state index is 14.0. The number of nitrogens with one attached hydrogen (secondary N) is 4. The average molecular weight is 597 g/mol. The minimum Gasteiger partial charge on any atom is -0.468 e. The second-order valence-corrected chi connectivity index (χ2v) is 12.1. The third kappa shape index (κ3) is 4.45. The van der Waals surface area contributed by atoms with Gasteiger partial charge in [-0.15, -0.1) is 0 Å². The van der Waals surface area contributed by atoms with Crippen LogP contribution in [0.2, 0.25) is 0 Å². The Morgan fingerprint density at radius 1 is 1.02 bits per heavy atom. The van der Waals surface area contributed by atoms with Crippen LogP contribution >= 0.6 is 0 Å². The highest BCUT2D eigenvalue weighted by Gasteiger charge is 2.48. The quantitative estimate of drug-likeness (QED) is 0.146. The van der Waals surface area contributed by atoms with E-state index in [-0.39, 0.29) is 24.0 Å². The lowest BCUT2D eigenvalue weighted by atomic mass is 9.85. The second-order valence-electron chi connectivity index (χ2n) is 12.1. The zero-order chi connectivity index (χ0) is 31.6. The lowest BCUT2D eigenvalue weighted by molar-refractivity contribution is -0.141. The molecule has 9 heteroatoms. The van der Waals surface area contributed by atoms with Crippen LogP contribution in [0.1, 0.15) is 87.6 Å². The number of H-pyrrole nitrogens is 3. The number of allylic oxidation sites excluding steroid dienone is 2. The number of aliphatic hydroxyl groups excluding tert-OH is 1. The largest absolute Gasteiger partial charge is 0.468 e. The molecule has 5 heterocycles. The standard InChI is InChI=1S/C35H40N4O5/c1-8-19-15(3)22-12-24-17(5)21(10-11-28(40)41)32(38-24)30-31(35(43)44-7)34(42)29-18(6)25(39-33(29)30)14-27-20(9-2)16(4)23(37-27)13-26(19)36-22/h8,12-14,17,21,28,31,36-41H,1,9-11H2,2-7H3/b23-13-,24-12-,27-14-,32-30-/t17-,21-,31+/m0/s1. The molecule has 1 aliphatic carbocycles. The molecule has 1 saturated heterocycles. The Balaban J connectivity index is 1.73. The van der Waals surface area contributed by atoms with Crippen molar-refractivity contribution in [1.82, 2.24) is 20.3 Å². The number of carbonyl (C=O) groups excluding carboxylic acids is 2. The van der Waals surface area contributed by atoms with Crippen molar-refractivity contribution in [1.29, 1.82) is 0 Å². The van der Waals surface area contributed by atoms with E-state index >= 15 is 0 Å². The molecule has 44 heavy (non-hydrogen) atoms. The number of ketones is 1. The van der Waals surface area contributed by atoms with Gasteiger partial charge in [-0.2, -0.15) is 0 Å². The first-order valence-corrected chi connectivity index (χ1v) is 15.2. The lowest BCUT2D eigenvalue weighted by Gasteiger charge is -2.20. The summed E-state index contributed by atoms with van der Waals surface area (Å²) in [4.78, 5) is 38.0. The highest BCUT2D eigenvalue weighted by atomic mass is 16.5. The van der Waals surface area contributed by atoms with Crippen molar-refractivity contribution in [3.63, 3.8) is 0 Å². The van der Waals surface area contributed by atoms with E-state index in [0.717, 1.165) is 67.8 Å². The minimum atomic E-state index is -1.48. The first-order valence-electron chi connectivity index (χ1n) is 15.2. The normalized spacial score (nSPS) is 24.8. The van der Waals surface area contributed by atoms with Crippen molar-refractivity contribution in [3.05, 3.63) is 84.8 Å². The van der Waals surface area contributed by atoms with Gasteiger partial charge in [-0.1, -0.05) is 26.5 Å². The summed E-state index contributed by atoms with van der Waals surface area (Å²) in [6.45, 7) is 14.4. The smallest absolute Gasteiger partial charge is 0.321 e. The van der Waals surface area contributed by atoms with Gasteiger partial charge >= 0.3 is 5.97 Å². The molecule has 230 valence electrons. The van der Waals surface area contributed by atoms with E-state index in [4.69, 9.17) is 4.74 Å². The van der Waals surface area contributed by atoms with Crippen LogP contribution < -0.4 is 16.0 Å². The van der Waals surface area contributed by atoms with Crippen LogP contribution in [0.15, 0.2) is 18.0 Å². The summed E-state index contributed by atoms with van der Waals surface area (Å²) in [7, 11) is 1.29. The van der Waals surface area contributed by atoms with Crippen LogP contribution in [-0.4, -0.2) is 50.3 Å². The molecule has 8 bridgehead atoms. The number of ether oxygens (including phenoxy) is 1. The fourth-order valence-corrected chi connectivity index (χ4v) is 7.33. The summed E-state index contributed by atoms with van der Waals surface area (Å²) in [6, 6.07) is 0. The number of hydrogen-bond acceptors (Lipinski definition) is 6. The van der Waals surface area contributed by atoms with Gasteiger partial charge in [0.25, 0.3) is 0 Å². The zero-order valence-electron chi connectivity index (χ0n) is 26.1. The molecule has 0 amide bonds. The molecule has 3 aromatic rings. The average Bonchev–Trinajstić information content (AvgIpc) is 3.72. The Bertz CT molecular complexity index is 1910. The number of esters is 1. The molecule has 0 radical (unpaired) electrons. The Kier molecular flexibility index (Phi) is 7.42. The number of rotatable bonds is 6. The van der Waals surface area contributed by atoms with Gasteiger partial charge in [-0.25, -0.2) is 0 Å². The number of aromatic nitrogens is 3. The highest BCUT2D eigenvalue weighted by molar-refractivity contribution is 6.24. The van der Waals surface area contributed by atoms with Crippen molar-refractivity contribution >= 4 is 41.6 Å². The number of fused-ring (bicyclic) bond motifs is 7. The van der Waals surface area contributed by atoms with Crippen LogP contribution in [0.3, 0.4) is 0 Å². The number of methoxy groups -OCH3 is 1. The second kappa shape index (κ2) is 11.0. The van der Waals surface area contributed by atoms with Crippen molar-refractivity contribution in [2.45, 2.75) is 60.2 Å². The van der Waals surface area contributed by atoms with E-state index in [1.54, 1.807) is 0 Å². The third-order valence-electron chi connectivity index (χ3n) is 9.82. The number of hydrogen-bond donors (Lipinski definition) is 6. The Hall–Kier alpha value is -4.34. The molecule has 6 rings (SSSR count). The van der Waals surface area contributed by atoms with Gasteiger partial charge < -0.3 is 35.2 Å². The van der Waals surface area contributed by atoms with Gasteiger partial charge in [0.05, 0.1) is 12.8 Å². The van der Waals surface area contributed by atoms with E-state index in [9.17, 15) is 19.8 Å². The van der Waals surface area contributed by atoms with Crippen LogP contribution in [0, 0.1) is 38.5 Å². The van der Waals surface area contributed by atoms with E-state index in [1.165, 1.54) is 12.7 Å². The Labute approximate surface area is 256 Å². The predicted octanol–water partition coefficient (Wildman–Crippen LogP) is 3.46. The summed E-state index contributed by atoms with van der Waals surface area (Å²) in [6.07, 6.45) is 8.01. The first kappa shape index (κ1) is 29.7. The minimum absolute atomic E-state index is 0.0753. The van der Waals surface area contributed by atoms with Crippen molar-refractivity contribution < 1.29 is 24.5 Å². The van der Waals surface area contributed by atoms with Crippen molar-refractivity contribution in [2.75, 3.05) is 7.11 Å². The molecule has 3 atom stereocenters. The predicted molar refractivity (Wildman–Crippen MR) is 170 cm³/mol. The van der Waals surface area contributed by atoms with Crippen LogP contribution in [0.5, 0.6) is 0 Å². The van der Waals surface area contributed by atoms with Gasteiger partial charge in [0.1, 0.15) is 5.92 Å². The number of aliphatic hydroxyl groups is 2. The maximum atomic E-state index is 14.0. The van der Waals surface area contributed by atoms with Gasteiger partial charge in [-0.3, -0.25) is 9.59 Å². The summed E-state index contributed by atoms with van der Waals surface area (Å²) in [5.41, 5.74) is 11.0. The topological polar surface area (TPSA) is 143 Å². The number of Topliss-reactive ketones (excluding diaryl/α,β-unsaturated/α-hetero) is 1. The van der Waals surface area contributed by atoms with Crippen LogP contribution in [0.4, 0.5) is 0 Å². The molecular weight excluding hydrogens is 556 g/mol. The Morgan fingerprint density at radius 3 is 2.39 bits per heavy atom. The molecule has 9 nitrogen and oxygen atoms in total.